The first-order valence-corrected chi connectivity index (χ1v) is 6.97. The second-order valence-corrected chi connectivity index (χ2v) is 5.75. The molecule has 0 saturated heterocycles. The molecule has 2 N–H and O–H groups in total. The molecule has 0 aromatic carbocycles. The molecule has 1 aliphatic carbocycles. The number of nitrogens with zero attached hydrogens (tertiary/aromatic N) is 1. The smallest absolute Gasteiger partial charge is 0.285 e. The predicted molar refractivity (Wildman–Crippen MR) is 74.1 cm³/mol. The number of rotatable bonds is 3. The van der Waals surface area contributed by atoms with E-state index in [-0.39, 0.29) is 10.6 Å². The average Bonchev–Trinajstić information content (AvgIpc) is 2.35. The molecule has 1 aromatic rings. The predicted octanol–water partition coefficient (Wildman–Crippen LogP) is 3.05. The number of hydrogen-bond donors (Lipinski definition) is 2. The fraction of sp³-hybridized carbons (Fsp3) is 0.692. The minimum Gasteiger partial charge on any atom is -0.379 e. The normalized spacial score (nSPS) is 24.2. The van der Waals surface area contributed by atoms with Gasteiger partial charge in [0.1, 0.15) is 5.02 Å². The van der Waals surface area contributed by atoms with Crippen molar-refractivity contribution in [2.24, 2.45) is 11.8 Å². The van der Waals surface area contributed by atoms with Gasteiger partial charge in [0.2, 0.25) is 0 Å². The van der Waals surface area contributed by atoms with E-state index in [9.17, 15) is 4.79 Å². The van der Waals surface area contributed by atoms with Gasteiger partial charge in [0.05, 0.1) is 11.9 Å². The lowest BCUT2D eigenvalue weighted by molar-refractivity contribution is 0.254. The van der Waals surface area contributed by atoms with Gasteiger partial charge >= 0.3 is 0 Å². The van der Waals surface area contributed by atoms with Crippen molar-refractivity contribution in [1.82, 2.24) is 10.2 Å². The van der Waals surface area contributed by atoms with Crippen molar-refractivity contribution < 1.29 is 0 Å². The van der Waals surface area contributed by atoms with Crippen LogP contribution in [0.2, 0.25) is 5.02 Å². The van der Waals surface area contributed by atoms with E-state index < -0.39 is 0 Å². The lowest BCUT2D eigenvalue weighted by Gasteiger charge is -2.35. The van der Waals surface area contributed by atoms with Crippen molar-refractivity contribution in [3.63, 3.8) is 0 Å². The van der Waals surface area contributed by atoms with Gasteiger partial charge in [-0.3, -0.25) is 4.79 Å². The van der Waals surface area contributed by atoms with Gasteiger partial charge in [-0.25, -0.2) is 5.10 Å². The van der Waals surface area contributed by atoms with Crippen LogP contribution < -0.4 is 10.9 Å². The van der Waals surface area contributed by atoms with Gasteiger partial charge in [0.15, 0.2) is 0 Å². The van der Waals surface area contributed by atoms with E-state index in [2.05, 4.69) is 29.4 Å². The molecule has 1 heterocycles. The maximum absolute atomic E-state index is 11.4. The summed E-state index contributed by atoms with van der Waals surface area (Å²) in [6.07, 6.45) is 6.49. The molecule has 1 aromatic heterocycles. The van der Waals surface area contributed by atoms with Gasteiger partial charge in [-0.1, -0.05) is 38.3 Å². The molecule has 5 heteroatoms. The first-order chi connectivity index (χ1) is 8.59. The topological polar surface area (TPSA) is 57.8 Å². The summed E-state index contributed by atoms with van der Waals surface area (Å²) in [6, 6.07) is 0.389. The highest BCUT2D eigenvalue weighted by molar-refractivity contribution is 6.32. The van der Waals surface area contributed by atoms with Crippen LogP contribution in [0, 0.1) is 11.8 Å². The quantitative estimate of drug-likeness (QED) is 0.887. The minimum absolute atomic E-state index is 0.207. The van der Waals surface area contributed by atoms with Crippen LogP contribution in [-0.4, -0.2) is 16.2 Å². The first kappa shape index (κ1) is 13.4. The van der Waals surface area contributed by atoms with Crippen LogP contribution in [0.15, 0.2) is 11.0 Å². The Bertz CT molecular complexity index is 458. The zero-order valence-electron chi connectivity index (χ0n) is 10.9. The highest BCUT2D eigenvalue weighted by Crippen LogP contribution is 2.32. The maximum Gasteiger partial charge on any atom is 0.285 e. The van der Waals surface area contributed by atoms with Gasteiger partial charge in [0, 0.05) is 6.04 Å². The Kier molecular flexibility index (Phi) is 4.27. The number of halogens is 1. The molecule has 2 rings (SSSR count). The lowest BCUT2D eigenvalue weighted by Crippen LogP contribution is -2.35. The third kappa shape index (κ3) is 2.86. The Morgan fingerprint density at radius 3 is 2.89 bits per heavy atom. The lowest BCUT2D eigenvalue weighted by atomic mass is 9.78. The van der Waals surface area contributed by atoms with E-state index in [1.165, 1.54) is 19.3 Å². The summed E-state index contributed by atoms with van der Waals surface area (Å²) < 4.78 is 0. The van der Waals surface area contributed by atoms with Gasteiger partial charge in [0.25, 0.3) is 5.56 Å². The van der Waals surface area contributed by atoms with Crippen LogP contribution in [0.4, 0.5) is 5.69 Å². The summed E-state index contributed by atoms with van der Waals surface area (Å²) >= 11 is 5.99. The van der Waals surface area contributed by atoms with Crippen molar-refractivity contribution in [3.05, 3.63) is 21.6 Å². The summed E-state index contributed by atoms with van der Waals surface area (Å²) in [6.45, 7) is 4.50. The molecule has 2 atom stereocenters. The molecule has 0 amide bonds. The van der Waals surface area contributed by atoms with E-state index in [1.807, 2.05) is 0 Å². The van der Waals surface area contributed by atoms with E-state index in [4.69, 9.17) is 11.6 Å². The monoisotopic (exact) mass is 269 g/mol. The van der Waals surface area contributed by atoms with Crippen LogP contribution in [0.3, 0.4) is 0 Å². The van der Waals surface area contributed by atoms with E-state index in [0.29, 0.717) is 23.6 Å². The number of aromatic amines is 1. The molecule has 0 aliphatic heterocycles. The van der Waals surface area contributed by atoms with Crippen LogP contribution in [0.25, 0.3) is 0 Å². The summed E-state index contributed by atoms with van der Waals surface area (Å²) in [5.74, 6) is 1.27. The molecule has 18 heavy (non-hydrogen) atoms. The Labute approximate surface area is 112 Å². The fourth-order valence-corrected chi connectivity index (χ4v) is 2.97. The molecule has 4 nitrogen and oxygen atoms in total. The molecule has 0 spiro atoms. The zero-order chi connectivity index (χ0) is 13.1. The molecule has 100 valence electrons. The number of anilines is 1. The molecule has 1 fully saturated rings. The van der Waals surface area contributed by atoms with Crippen molar-refractivity contribution in [2.75, 3.05) is 5.32 Å². The molecule has 1 aliphatic rings. The number of nitrogens with one attached hydrogen (secondary N) is 2. The first-order valence-electron chi connectivity index (χ1n) is 6.59. The second kappa shape index (κ2) is 5.74. The maximum atomic E-state index is 11.4. The van der Waals surface area contributed by atoms with Crippen LogP contribution in [0.5, 0.6) is 0 Å². The van der Waals surface area contributed by atoms with Crippen LogP contribution in [-0.2, 0) is 0 Å². The fourth-order valence-electron chi connectivity index (χ4n) is 2.82. The van der Waals surface area contributed by atoms with Gasteiger partial charge in [-0.05, 0) is 24.7 Å². The summed E-state index contributed by atoms with van der Waals surface area (Å²) in [5, 5.41) is 9.74. The van der Waals surface area contributed by atoms with Crippen molar-refractivity contribution >= 4 is 17.3 Å². The Balaban J connectivity index is 2.16. The molecular weight excluding hydrogens is 250 g/mol. The summed E-state index contributed by atoms with van der Waals surface area (Å²) in [4.78, 5) is 11.4. The Hall–Kier alpha value is -1.03. The Morgan fingerprint density at radius 2 is 2.17 bits per heavy atom. The third-order valence-corrected chi connectivity index (χ3v) is 4.19. The molecule has 2 unspecified atom stereocenters. The van der Waals surface area contributed by atoms with Crippen molar-refractivity contribution in [1.29, 1.82) is 0 Å². The molecule has 0 bridgehead atoms. The highest BCUT2D eigenvalue weighted by Gasteiger charge is 2.28. The molecule has 1 saturated carbocycles. The van der Waals surface area contributed by atoms with Crippen molar-refractivity contribution in [2.45, 2.75) is 45.6 Å². The third-order valence-electron chi connectivity index (χ3n) is 3.81. The number of hydrogen-bond acceptors (Lipinski definition) is 3. The second-order valence-electron chi connectivity index (χ2n) is 5.37. The van der Waals surface area contributed by atoms with Crippen LogP contribution in [0.1, 0.15) is 39.5 Å². The average molecular weight is 270 g/mol. The SMILES string of the molecule is CC(C)C1CCCCC1Nc1cn[nH]c(=O)c1Cl. The van der Waals surface area contributed by atoms with Crippen LogP contribution >= 0.6 is 11.6 Å². The largest absolute Gasteiger partial charge is 0.379 e. The summed E-state index contributed by atoms with van der Waals surface area (Å²) in [7, 11) is 0. The minimum atomic E-state index is -0.335. The number of aromatic nitrogens is 2. The molecule has 0 radical (unpaired) electrons. The van der Waals surface area contributed by atoms with Gasteiger partial charge in [-0.2, -0.15) is 5.10 Å². The summed E-state index contributed by atoms with van der Waals surface area (Å²) in [5.41, 5.74) is 0.316. The van der Waals surface area contributed by atoms with E-state index >= 15 is 0 Å². The zero-order valence-corrected chi connectivity index (χ0v) is 11.6. The van der Waals surface area contributed by atoms with Gasteiger partial charge in [-0.15, -0.1) is 0 Å². The standard InChI is InChI=1S/C13H20ClN3O/c1-8(2)9-5-3-4-6-10(9)16-11-7-15-17-13(18)12(11)14/h7-10H,3-6H2,1-2H3,(H2,16,17,18). The Morgan fingerprint density at radius 1 is 1.44 bits per heavy atom. The van der Waals surface area contributed by atoms with E-state index in [1.54, 1.807) is 6.20 Å². The van der Waals surface area contributed by atoms with Crippen molar-refractivity contribution in [3.8, 4) is 0 Å². The van der Waals surface area contributed by atoms with Gasteiger partial charge < -0.3 is 5.32 Å². The number of H-pyrrole nitrogens is 1. The molecular formula is C13H20ClN3O. The van der Waals surface area contributed by atoms with E-state index in [0.717, 1.165) is 6.42 Å². The highest BCUT2D eigenvalue weighted by atomic mass is 35.5.